The fourth-order valence-electron chi connectivity index (χ4n) is 6.52. The molecule has 0 amide bonds. The quantitative estimate of drug-likeness (QED) is 0.187. The minimum atomic E-state index is -2.64. The molecule has 1 N–H and O–H groups in total. The summed E-state index contributed by atoms with van der Waals surface area (Å²) in [4.78, 5) is 6.68. The molecule has 0 atom stereocenters. The predicted molar refractivity (Wildman–Crippen MR) is 171 cm³/mol. The Labute approximate surface area is 261 Å². The maximum atomic E-state index is 14.7. The van der Waals surface area contributed by atoms with Crippen molar-refractivity contribution in [1.29, 1.82) is 0 Å². The molecule has 2 aliphatic rings. The number of fused-ring (bicyclic) bond motifs is 2. The summed E-state index contributed by atoms with van der Waals surface area (Å²) in [6, 6.07) is 22.0. The van der Waals surface area contributed by atoms with E-state index in [1.807, 2.05) is 48.5 Å². The summed E-state index contributed by atoms with van der Waals surface area (Å²) < 4.78 is 42.5. The number of nitrogens with zero attached hydrogens (tertiary/aromatic N) is 4. The van der Waals surface area contributed by atoms with Crippen LogP contribution >= 0.6 is 0 Å². The molecule has 0 fully saturated rings. The van der Waals surface area contributed by atoms with Gasteiger partial charge in [0.05, 0.1) is 12.3 Å². The summed E-state index contributed by atoms with van der Waals surface area (Å²) in [7, 11) is 3.39. The number of alkyl halides is 2. The van der Waals surface area contributed by atoms with E-state index in [2.05, 4.69) is 32.4 Å². The first-order valence-corrected chi connectivity index (χ1v) is 15.2. The number of methoxy groups -OCH3 is 1. The van der Waals surface area contributed by atoms with Crippen molar-refractivity contribution in [3.8, 4) is 28.1 Å². The van der Waals surface area contributed by atoms with Crippen LogP contribution in [0.5, 0.6) is 5.88 Å². The van der Waals surface area contributed by atoms with Crippen molar-refractivity contribution in [3.63, 3.8) is 0 Å². The highest BCUT2D eigenvalue weighted by atomic mass is 19.3. The van der Waals surface area contributed by atoms with Gasteiger partial charge in [0.1, 0.15) is 6.61 Å². The van der Waals surface area contributed by atoms with Gasteiger partial charge in [0.2, 0.25) is 5.88 Å². The van der Waals surface area contributed by atoms with Crippen LogP contribution in [0.4, 0.5) is 20.2 Å². The first-order chi connectivity index (χ1) is 22.0. The smallest absolute Gasteiger partial charge is 0.264 e. The van der Waals surface area contributed by atoms with Crippen molar-refractivity contribution >= 4 is 11.4 Å². The first kappa shape index (κ1) is 29.1. The first-order valence-electron chi connectivity index (χ1n) is 15.2. The third-order valence-corrected chi connectivity index (χ3v) is 8.61. The number of hydrogen-bond acceptors (Lipinski definition) is 6. The molecule has 0 saturated carbocycles. The SMILES string of the molecule is COCc1nn(C)cc1-c1cc2c(cc1C(F)F)N(c1cc(-c3ccnc(OCc4ccccc4)c3)cc3c1CNC3)CCC2. The Bertz CT molecular complexity index is 1840. The Morgan fingerprint density at radius 3 is 2.60 bits per heavy atom. The maximum Gasteiger partial charge on any atom is 0.264 e. The number of rotatable bonds is 9. The monoisotopic (exact) mass is 607 g/mol. The van der Waals surface area contributed by atoms with Crippen LogP contribution in [0.1, 0.15) is 46.4 Å². The standard InChI is InChI=1S/C36H35F2N5O2/c1-42-20-31(32(41-42)22-44-2)28-14-25-9-6-12-43(33(25)17-29(28)36(37)38)34-15-26(13-27-18-39-19-30(27)34)24-10-11-40-35(16-24)45-21-23-7-4-3-5-8-23/h3-5,7-8,10-11,13-17,20,36,39H,6,9,12,18-19,21-22H2,1-2H3. The summed E-state index contributed by atoms with van der Waals surface area (Å²) in [6.45, 7) is 2.91. The van der Waals surface area contributed by atoms with Crippen LogP contribution in [0.25, 0.3) is 22.3 Å². The number of nitrogens with one attached hydrogen (secondary N) is 1. The molecule has 2 aromatic heterocycles. The van der Waals surface area contributed by atoms with E-state index in [9.17, 15) is 8.78 Å². The largest absolute Gasteiger partial charge is 0.473 e. The van der Waals surface area contributed by atoms with Crippen LogP contribution < -0.4 is 15.0 Å². The molecule has 7 nitrogen and oxygen atoms in total. The average Bonchev–Trinajstić information content (AvgIpc) is 3.69. The molecular formula is C36H35F2N5O2. The van der Waals surface area contributed by atoms with Gasteiger partial charge in [-0.25, -0.2) is 13.8 Å². The Morgan fingerprint density at radius 1 is 0.911 bits per heavy atom. The van der Waals surface area contributed by atoms with Gasteiger partial charge >= 0.3 is 0 Å². The molecule has 0 unspecified atom stereocenters. The maximum absolute atomic E-state index is 14.7. The Morgan fingerprint density at radius 2 is 1.78 bits per heavy atom. The van der Waals surface area contributed by atoms with Gasteiger partial charge in [-0.2, -0.15) is 5.10 Å². The topological polar surface area (TPSA) is 64.4 Å². The van der Waals surface area contributed by atoms with E-state index in [1.165, 1.54) is 11.1 Å². The predicted octanol–water partition coefficient (Wildman–Crippen LogP) is 7.50. The average molecular weight is 608 g/mol. The molecule has 0 radical (unpaired) electrons. The number of aromatic nitrogens is 3. The lowest BCUT2D eigenvalue weighted by atomic mass is 9.91. The lowest BCUT2D eigenvalue weighted by Gasteiger charge is -2.34. The van der Waals surface area contributed by atoms with Crippen LogP contribution in [0.15, 0.2) is 79.1 Å². The molecule has 3 aromatic carbocycles. The highest BCUT2D eigenvalue weighted by Crippen LogP contribution is 2.44. The molecule has 45 heavy (non-hydrogen) atoms. The van der Waals surface area contributed by atoms with Crippen LogP contribution in [0.2, 0.25) is 0 Å². The summed E-state index contributed by atoms with van der Waals surface area (Å²) in [6.07, 6.45) is 2.65. The van der Waals surface area contributed by atoms with E-state index >= 15 is 0 Å². The number of ether oxygens (including phenoxy) is 2. The number of halogens is 2. The summed E-state index contributed by atoms with van der Waals surface area (Å²) >= 11 is 0. The number of aryl methyl sites for hydroxylation is 2. The molecule has 0 saturated heterocycles. The minimum absolute atomic E-state index is 0.00580. The Kier molecular flexibility index (Phi) is 8.04. The fourth-order valence-corrected chi connectivity index (χ4v) is 6.52. The van der Waals surface area contributed by atoms with Crippen molar-refractivity contribution in [3.05, 3.63) is 113 Å². The lowest BCUT2D eigenvalue weighted by molar-refractivity contribution is 0.152. The number of anilines is 2. The van der Waals surface area contributed by atoms with Crippen molar-refractivity contribution in [2.45, 2.75) is 45.6 Å². The molecular weight excluding hydrogens is 572 g/mol. The van der Waals surface area contributed by atoms with Gasteiger partial charge in [-0.3, -0.25) is 4.68 Å². The van der Waals surface area contributed by atoms with Crippen molar-refractivity contribution < 1.29 is 18.3 Å². The van der Waals surface area contributed by atoms with E-state index in [1.54, 1.807) is 37.3 Å². The number of hydrogen-bond donors (Lipinski definition) is 1. The van der Waals surface area contributed by atoms with Gasteiger partial charge in [0.15, 0.2) is 0 Å². The normalized spacial score (nSPS) is 14.1. The second-order valence-electron chi connectivity index (χ2n) is 11.6. The summed E-state index contributed by atoms with van der Waals surface area (Å²) in [5.74, 6) is 0.553. The highest BCUT2D eigenvalue weighted by Gasteiger charge is 2.29. The van der Waals surface area contributed by atoms with Crippen LogP contribution in [0, 0.1) is 0 Å². The highest BCUT2D eigenvalue weighted by molar-refractivity contribution is 5.81. The van der Waals surface area contributed by atoms with E-state index in [4.69, 9.17) is 9.47 Å². The zero-order chi connectivity index (χ0) is 30.9. The van der Waals surface area contributed by atoms with Gasteiger partial charge in [-0.1, -0.05) is 30.3 Å². The van der Waals surface area contributed by atoms with Gasteiger partial charge in [-0.15, -0.1) is 0 Å². The zero-order valence-electron chi connectivity index (χ0n) is 25.4. The van der Waals surface area contributed by atoms with Gasteiger partial charge in [-0.05, 0) is 82.1 Å². The molecule has 230 valence electrons. The van der Waals surface area contributed by atoms with Gasteiger partial charge < -0.3 is 19.7 Å². The van der Waals surface area contributed by atoms with Crippen LogP contribution in [0.3, 0.4) is 0 Å². The third-order valence-electron chi connectivity index (χ3n) is 8.61. The Hall–Kier alpha value is -4.60. The van der Waals surface area contributed by atoms with E-state index in [-0.39, 0.29) is 12.2 Å². The number of pyridine rings is 1. The van der Waals surface area contributed by atoms with Crippen molar-refractivity contribution in [2.75, 3.05) is 18.6 Å². The van der Waals surface area contributed by atoms with Crippen molar-refractivity contribution in [1.82, 2.24) is 20.1 Å². The van der Waals surface area contributed by atoms with Crippen LogP contribution in [-0.2, 0) is 44.5 Å². The lowest BCUT2D eigenvalue weighted by Crippen LogP contribution is -2.26. The summed E-state index contributed by atoms with van der Waals surface area (Å²) in [5, 5.41) is 7.97. The van der Waals surface area contributed by atoms with Gasteiger partial charge in [0.25, 0.3) is 6.43 Å². The van der Waals surface area contributed by atoms with E-state index in [0.29, 0.717) is 29.3 Å². The second kappa shape index (κ2) is 12.4. The molecule has 9 heteroatoms. The molecule has 0 aliphatic carbocycles. The molecule has 0 bridgehead atoms. The van der Waals surface area contributed by atoms with Crippen LogP contribution in [-0.4, -0.2) is 28.4 Å². The zero-order valence-corrected chi connectivity index (χ0v) is 25.4. The third kappa shape index (κ3) is 5.81. The van der Waals surface area contributed by atoms with E-state index in [0.717, 1.165) is 66.1 Å². The molecule has 7 rings (SSSR count). The Balaban J connectivity index is 1.28. The fraction of sp³-hybridized carbons (Fsp3) is 0.278. The molecule has 2 aliphatic heterocycles. The minimum Gasteiger partial charge on any atom is -0.473 e. The van der Waals surface area contributed by atoms with Crippen molar-refractivity contribution in [2.24, 2.45) is 7.05 Å². The molecule has 5 aromatic rings. The second-order valence-corrected chi connectivity index (χ2v) is 11.6. The molecule has 0 spiro atoms. The summed E-state index contributed by atoms with van der Waals surface area (Å²) in [5.41, 5.74) is 10.3. The van der Waals surface area contributed by atoms with Gasteiger partial charge in [0, 0.05) is 74.8 Å². The number of benzene rings is 3. The van der Waals surface area contributed by atoms with E-state index < -0.39 is 6.43 Å². The molecule has 4 heterocycles.